The molecule has 3 rings (SSSR count). The fraction of sp³-hybridized carbons (Fsp3) is 0.467. The number of anilines is 1. The minimum absolute atomic E-state index is 0.112. The molecule has 0 bridgehead atoms. The van der Waals surface area contributed by atoms with Crippen molar-refractivity contribution in [3.63, 3.8) is 0 Å². The molecule has 0 radical (unpaired) electrons. The monoisotopic (exact) mass is 315 g/mol. The summed E-state index contributed by atoms with van der Waals surface area (Å²) >= 11 is 0. The van der Waals surface area contributed by atoms with Crippen molar-refractivity contribution in [2.24, 2.45) is 0 Å². The van der Waals surface area contributed by atoms with E-state index in [-0.39, 0.29) is 12.1 Å². The van der Waals surface area contributed by atoms with Gasteiger partial charge in [-0.2, -0.15) is 0 Å². The Morgan fingerprint density at radius 2 is 2.17 bits per heavy atom. The molecule has 0 aliphatic carbocycles. The van der Waals surface area contributed by atoms with Crippen LogP contribution in [0, 0.1) is 0 Å². The maximum Gasteiger partial charge on any atom is 0.315 e. The van der Waals surface area contributed by atoms with Crippen LogP contribution in [0.1, 0.15) is 12.8 Å². The van der Waals surface area contributed by atoms with E-state index in [0.29, 0.717) is 13.1 Å². The number of urea groups is 1. The summed E-state index contributed by atoms with van der Waals surface area (Å²) in [7, 11) is 0. The van der Waals surface area contributed by atoms with Crippen molar-refractivity contribution in [3.8, 4) is 0 Å². The zero-order valence-corrected chi connectivity index (χ0v) is 12.9. The first-order valence-corrected chi connectivity index (χ1v) is 7.83. The summed E-state index contributed by atoms with van der Waals surface area (Å²) in [5, 5.41) is 5.90. The van der Waals surface area contributed by atoms with Crippen LogP contribution in [0.5, 0.6) is 0 Å². The fourth-order valence-corrected chi connectivity index (χ4v) is 2.69. The number of imidazole rings is 1. The lowest BCUT2D eigenvalue weighted by Crippen LogP contribution is -2.51. The molecular weight excluding hydrogens is 294 g/mol. The molecule has 1 aliphatic rings. The van der Waals surface area contributed by atoms with Crippen LogP contribution in [0.2, 0.25) is 0 Å². The Labute approximate surface area is 135 Å². The summed E-state index contributed by atoms with van der Waals surface area (Å²) < 4.78 is 1.93. The van der Waals surface area contributed by atoms with Crippen molar-refractivity contribution in [2.75, 3.05) is 24.5 Å². The van der Waals surface area contributed by atoms with Gasteiger partial charge in [-0.3, -0.25) is 0 Å². The Balaban J connectivity index is 1.43. The lowest BCUT2D eigenvalue weighted by atomic mass is 10.1. The van der Waals surface area contributed by atoms with Crippen LogP contribution in [-0.4, -0.2) is 51.2 Å². The Morgan fingerprint density at radius 1 is 1.30 bits per heavy atom. The zero-order chi connectivity index (χ0) is 15.9. The second-order valence-electron chi connectivity index (χ2n) is 5.53. The van der Waals surface area contributed by atoms with Crippen LogP contribution in [0.3, 0.4) is 0 Å². The van der Waals surface area contributed by atoms with Gasteiger partial charge in [-0.25, -0.2) is 19.7 Å². The number of rotatable bonds is 5. The highest BCUT2D eigenvalue weighted by Gasteiger charge is 2.22. The third-order valence-corrected chi connectivity index (χ3v) is 3.81. The average molecular weight is 315 g/mol. The van der Waals surface area contributed by atoms with Crippen LogP contribution in [0.25, 0.3) is 0 Å². The number of hydrogen-bond acceptors (Lipinski definition) is 5. The van der Waals surface area contributed by atoms with Gasteiger partial charge in [0.05, 0.1) is 6.33 Å². The summed E-state index contributed by atoms with van der Waals surface area (Å²) in [5.41, 5.74) is 0. The minimum Gasteiger partial charge on any atom is -0.339 e. The largest absolute Gasteiger partial charge is 0.339 e. The molecule has 23 heavy (non-hydrogen) atoms. The first kappa shape index (κ1) is 15.3. The Morgan fingerprint density at radius 3 is 2.96 bits per heavy atom. The lowest BCUT2D eigenvalue weighted by molar-refractivity contribution is 0.234. The van der Waals surface area contributed by atoms with Crippen molar-refractivity contribution in [3.05, 3.63) is 37.2 Å². The molecule has 122 valence electrons. The number of carbonyl (C=O) groups is 1. The molecule has 8 heteroatoms. The van der Waals surface area contributed by atoms with Crippen LogP contribution >= 0.6 is 0 Å². The maximum absolute atomic E-state index is 12.0. The van der Waals surface area contributed by atoms with Crippen LogP contribution < -0.4 is 15.5 Å². The summed E-state index contributed by atoms with van der Waals surface area (Å²) in [5.74, 6) is 0.722. The summed E-state index contributed by atoms with van der Waals surface area (Å²) in [6.45, 7) is 2.94. The van der Waals surface area contributed by atoms with Crippen molar-refractivity contribution < 1.29 is 4.79 Å². The highest BCUT2D eigenvalue weighted by Crippen LogP contribution is 2.15. The predicted octanol–water partition coefficient (Wildman–Crippen LogP) is 0.641. The molecule has 2 aromatic heterocycles. The number of carbonyl (C=O) groups excluding carboxylic acids is 1. The van der Waals surface area contributed by atoms with E-state index in [0.717, 1.165) is 31.9 Å². The molecule has 1 aliphatic heterocycles. The second kappa shape index (κ2) is 7.57. The van der Waals surface area contributed by atoms with Gasteiger partial charge in [-0.15, -0.1) is 0 Å². The summed E-state index contributed by atoms with van der Waals surface area (Å²) in [6.07, 6.45) is 10.8. The molecule has 0 spiro atoms. The van der Waals surface area contributed by atoms with Crippen LogP contribution in [-0.2, 0) is 6.54 Å². The Bertz CT molecular complexity index is 602. The second-order valence-corrected chi connectivity index (χ2v) is 5.53. The van der Waals surface area contributed by atoms with Crippen molar-refractivity contribution in [1.29, 1.82) is 0 Å². The van der Waals surface area contributed by atoms with E-state index in [2.05, 4.69) is 30.5 Å². The van der Waals surface area contributed by atoms with E-state index in [1.807, 2.05) is 10.8 Å². The van der Waals surface area contributed by atoms with Gasteiger partial charge in [0.2, 0.25) is 5.95 Å². The number of nitrogens with one attached hydrogen (secondary N) is 2. The SMILES string of the molecule is O=C(NCCn1ccnc1)NC1CCCN(c2ncccn2)C1. The zero-order valence-electron chi connectivity index (χ0n) is 12.9. The first-order chi connectivity index (χ1) is 11.3. The van der Waals surface area contributed by atoms with Gasteiger partial charge in [0, 0.05) is 57.0 Å². The molecule has 2 amide bonds. The van der Waals surface area contributed by atoms with Crippen LogP contribution in [0.15, 0.2) is 37.2 Å². The predicted molar refractivity (Wildman–Crippen MR) is 86.0 cm³/mol. The number of aromatic nitrogens is 4. The molecule has 1 saturated heterocycles. The number of piperidine rings is 1. The number of amides is 2. The molecule has 0 aromatic carbocycles. The third-order valence-electron chi connectivity index (χ3n) is 3.81. The molecule has 0 saturated carbocycles. The van der Waals surface area contributed by atoms with E-state index >= 15 is 0 Å². The molecule has 2 N–H and O–H groups in total. The van der Waals surface area contributed by atoms with Gasteiger partial charge in [-0.05, 0) is 18.9 Å². The molecule has 2 aromatic rings. The van der Waals surface area contributed by atoms with Gasteiger partial charge in [0.25, 0.3) is 0 Å². The van der Waals surface area contributed by atoms with Crippen LogP contribution in [0.4, 0.5) is 10.7 Å². The smallest absolute Gasteiger partial charge is 0.315 e. The maximum atomic E-state index is 12.0. The summed E-state index contributed by atoms with van der Waals surface area (Å²) in [6, 6.07) is 1.78. The molecular formula is C15H21N7O. The van der Waals surface area contributed by atoms with E-state index in [1.54, 1.807) is 31.0 Å². The highest BCUT2D eigenvalue weighted by atomic mass is 16.2. The lowest BCUT2D eigenvalue weighted by Gasteiger charge is -2.33. The van der Waals surface area contributed by atoms with E-state index in [1.165, 1.54) is 0 Å². The van der Waals surface area contributed by atoms with Gasteiger partial charge in [-0.1, -0.05) is 0 Å². The Kier molecular flexibility index (Phi) is 5.02. The van der Waals surface area contributed by atoms with Gasteiger partial charge < -0.3 is 20.1 Å². The normalized spacial score (nSPS) is 17.7. The fourth-order valence-electron chi connectivity index (χ4n) is 2.69. The number of hydrogen-bond donors (Lipinski definition) is 2. The molecule has 3 heterocycles. The molecule has 1 atom stereocenters. The number of nitrogens with zero attached hydrogens (tertiary/aromatic N) is 5. The van der Waals surface area contributed by atoms with Crippen molar-refractivity contribution in [1.82, 2.24) is 30.2 Å². The molecule has 1 unspecified atom stereocenters. The highest BCUT2D eigenvalue weighted by molar-refractivity contribution is 5.74. The van der Waals surface area contributed by atoms with Crippen molar-refractivity contribution >= 4 is 12.0 Å². The topological polar surface area (TPSA) is 88.0 Å². The van der Waals surface area contributed by atoms with Gasteiger partial charge in [0.15, 0.2) is 0 Å². The third kappa shape index (κ3) is 4.41. The van der Waals surface area contributed by atoms with Crippen molar-refractivity contribution in [2.45, 2.75) is 25.4 Å². The quantitative estimate of drug-likeness (QED) is 0.845. The first-order valence-electron chi connectivity index (χ1n) is 7.83. The van der Waals surface area contributed by atoms with E-state index in [4.69, 9.17) is 0 Å². The average Bonchev–Trinajstić information content (AvgIpc) is 3.09. The summed E-state index contributed by atoms with van der Waals surface area (Å²) in [4.78, 5) is 26.6. The van der Waals surface area contributed by atoms with Gasteiger partial charge >= 0.3 is 6.03 Å². The standard InChI is InChI=1S/C15H21N7O/c23-15(19-7-10-21-9-6-16-12-21)20-13-3-1-8-22(11-13)14-17-4-2-5-18-14/h2,4-6,9,12-13H,1,3,7-8,10-11H2,(H2,19,20,23). The minimum atomic E-state index is -0.133. The van der Waals surface area contributed by atoms with E-state index in [9.17, 15) is 4.79 Å². The van der Waals surface area contributed by atoms with Gasteiger partial charge in [0.1, 0.15) is 0 Å². The molecule has 1 fully saturated rings. The Hall–Kier alpha value is -2.64. The van der Waals surface area contributed by atoms with E-state index < -0.39 is 0 Å². The molecule has 8 nitrogen and oxygen atoms in total.